The zero-order valence-electron chi connectivity index (χ0n) is 14.9. The molecule has 0 fully saturated rings. The maximum Gasteiger partial charge on any atom is 0.270 e. The molecular formula is C20H17N3O3S2. The lowest BCUT2D eigenvalue weighted by atomic mass is 10.3. The van der Waals surface area contributed by atoms with Crippen molar-refractivity contribution in [3.8, 4) is 12.3 Å². The lowest BCUT2D eigenvalue weighted by Crippen LogP contribution is -2.16. The second kappa shape index (κ2) is 9.35. The molecule has 1 aromatic heterocycles. The number of terminal acetylenes is 1. The molecule has 3 rings (SSSR count). The van der Waals surface area contributed by atoms with E-state index in [9.17, 15) is 14.9 Å². The van der Waals surface area contributed by atoms with Gasteiger partial charge in [0.05, 0.1) is 21.7 Å². The van der Waals surface area contributed by atoms with E-state index >= 15 is 0 Å². The van der Waals surface area contributed by atoms with Crippen molar-refractivity contribution in [2.75, 3.05) is 5.75 Å². The normalized spacial score (nSPS) is 11.5. The van der Waals surface area contributed by atoms with Crippen LogP contribution < -0.4 is 4.80 Å². The van der Waals surface area contributed by atoms with E-state index in [4.69, 9.17) is 6.42 Å². The molecule has 0 atom stereocenters. The number of fused-ring (bicyclic) bond motifs is 1. The molecule has 1 heterocycles. The van der Waals surface area contributed by atoms with Gasteiger partial charge in [-0.05, 0) is 30.4 Å². The van der Waals surface area contributed by atoms with Crippen LogP contribution >= 0.6 is 23.1 Å². The molecule has 8 heteroatoms. The molecule has 1 amide bonds. The molecular weight excluding hydrogens is 394 g/mol. The highest BCUT2D eigenvalue weighted by Crippen LogP contribution is 2.23. The summed E-state index contributed by atoms with van der Waals surface area (Å²) in [7, 11) is 0. The molecule has 0 saturated heterocycles. The molecule has 0 radical (unpaired) electrons. The van der Waals surface area contributed by atoms with E-state index in [-0.39, 0.29) is 18.1 Å². The van der Waals surface area contributed by atoms with Crippen molar-refractivity contribution in [3.63, 3.8) is 0 Å². The number of thioether (sulfide) groups is 1. The van der Waals surface area contributed by atoms with E-state index in [1.54, 1.807) is 22.4 Å². The van der Waals surface area contributed by atoms with Crippen LogP contribution in [0.2, 0.25) is 0 Å². The van der Waals surface area contributed by atoms with Crippen LogP contribution in [0.15, 0.2) is 58.4 Å². The molecule has 0 N–H and O–H groups in total. The Labute approximate surface area is 170 Å². The van der Waals surface area contributed by atoms with Gasteiger partial charge >= 0.3 is 0 Å². The number of thiazole rings is 1. The topological polar surface area (TPSA) is 77.5 Å². The largest absolute Gasteiger partial charge is 0.305 e. The molecule has 142 valence electrons. The SMILES string of the molecule is C#CCn1c(=NC(=O)CCCSc2ccccc2)sc2cc([N+](=O)[O-])ccc21. The van der Waals surface area contributed by atoms with Crippen molar-refractivity contribution in [2.24, 2.45) is 4.99 Å². The van der Waals surface area contributed by atoms with E-state index in [1.165, 1.54) is 28.4 Å². The van der Waals surface area contributed by atoms with E-state index in [2.05, 4.69) is 10.9 Å². The fourth-order valence-electron chi connectivity index (χ4n) is 2.60. The van der Waals surface area contributed by atoms with Gasteiger partial charge in [0.2, 0.25) is 5.91 Å². The predicted molar refractivity (Wildman–Crippen MR) is 112 cm³/mol. The third-order valence-corrected chi connectivity index (χ3v) is 6.03. The van der Waals surface area contributed by atoms with Crippen molar-refractivity contribution in [2.45, 2.75) is 24.3 Å². The number of amides is 1. The van der Waals surface area contributed by atoms with Crippen LogP contribution in [0, 0.1) is 22.5 Å². The molecule has 28 heavy (non-hydrogen) atoms. The average molecular weight is 412 g/mol. The van der Waals surface area contributed by atoms with E-state index in [1.807, 2.05) is 30.3 Å². The maximum atomic E-state index is 12.3. The Morgan fingerprint density at radius 2 is 2.07 bits per heavy atom. The molecule has 2 aromatic carbocycles. The fourth-order valence-corrected chi connectivity index (χ4v) is 4.55. The van der Waals surface area contributed by atoms with Crippen molar-refractivity contribution in [1.82, 2.24) is 4.57 Å². The number of benzene rings is 2. The average Bonchev–Trinajstić information content (AvgIpc) is 3.02. The number of nitro benzene ring substituents is 1. The number of carbonyl (C=O) groups is 1. The number of non-ortho nitro benzene ring substituents is 1. The van der Waals surface area contributed by atoms with Crippen LogP contribution in [0.5, 0.6) is 0 Å². The van der Waals surface area contributed by atoms with Crippen LogP contribution in [0.25, 0.3) is 10.2 Å². The summed E-state index contributed by atoms with van der Waals surface area (Å²) in [5.41, 5.74) is 0.733. The van der Waals surface area contributed by atoms with Gasteiger partial charge in [0.15, 0.2) is 4.80 Å². The monoisotopic (exact) mass is 411 g/mol. The van der Waals surface area contributed by atoms with E-state index in [0.29, 0.717) is 22.3 Å². The van der Waals surface area contributed by atoms with Gasteiger partial charge in [-0.25, -0.2) is 0 Å². The predicted octanol–water partition coefficient (Wildman–Crippen LogP) is 4.24. The first-order valence-corrected chi connectivity index (χ1v) is 10.4. The maximum absolute atomic E-state index is 12.3. The number of nitrogens with zero attached hydrogens (tertiary/aromatic N) is 3. The van der Waals surface area contributed by atoms with Gasteiger partial charge in [0, 0.05) is 23.4 Å². The summed E-state index contributed by atoms with van der Waals surface area (Å²) in [4.78, 5) is 28.7. The van der Waals surface area contributed by atoms with Gasteiger partial charge in [-0.1, -0.05) is 35.5 Å². The van der Waals surface area contributed by atoms with Crippen LogP contribution in [-0.2, 0) is 11.3 Å². The van der Waals surface area contributed by atoms with Gasteiger partial charge in [-0.15, -0.1) is 18.2 Å². The van der Waals surface area contributed by atoms with Crippen molar-refractivity contribution >= 4 is 44.9 Å². The summed E-state index contributed by atoms with van der Waals surface area (Å²) in [6.07, 6.45) is 6.49. The second-order valence-electron chi connectivity index (χ2n) is 5.85. The highest BCUT2D eigenvalue weighted by molar-refractivity contribution is 7.99. The van der Waals surface area contributed by atoms with E-state index < -0.39 is 4.92 Å². The Bertz CT molecular complexity index is 1110. The number of aromatic nitrogens is 1. The standard InChI is InChI=1S/C20H17N3O3S2/c1-2-12-22-17-11-10-15(23(25)26)14-18(17)28-20(22)21-19(24)9-6-13-27-16-7-4-3-5-8-16/h1,3-5,7-8,10-11,14H,6,9,12-13H2. The number of rotatable bonds is 7. The van der Waals surface area contributed by atoms with Gasteiger partial charge in [0.1, 0.15) is 0 Å². The number of hydrogen-bond acceptors (Lipinski definition) is 5. The molecule has 0 unspecified atom stereocenters. The minimum atomic E-state index is -0.447. The third-order valence-electron chi connectivity index (χ3n) is 3.89. The number of hydrogen-bond donors (Lipinski definition) is 0. The molecule has 0 aliphatic rings. The van der Waals surface area contributed by atoms with Crippen LogP contribution in [-0.4, -0.2) is 21.2 Å². The van der Waals surface area contributed by atoms with Crippen LogP contribution in [0.1, 0.15) is 12.8 Å². The minimum absolute atomic E-state index is 0.00239. The third kappa shape index (κ3) is 4.88. The minimum Gasteiger partial charge on any atom is -0.305 e. The summed E-state index contributed by atoms with van der Waals surface area (Å²) in [5.74, 6) is 3.15. The van der Waals surface area contributed by atoms with Gasteiger partial charge < -0.3 is 4.57 Å². The lowest BCUT2D eigenvalue weighted by molar-refractivity contribution is -0.384. The highest BCUT2D eigenvalue weighted by Gasteiger charge is 2.12. The quantitative estimate of drug-likeness (QED) is 0.191. The Hall–Kier alpha value is -2.89. The smallest absolute Gasteiger partial charge is 0.270 e. The Morgan fingerprint density at radius 3 is 2.79 bits per heavy atom. The molecule has 6 nitrogen and oxygen atoms in total. The summed E-state index contributed by atoms with van der Waals surface area (Å²) in [6.45, 7) is 0.244. The molecule has 0 spiro atoms. The first kappa shape index (κ1) is 19.9. The number of nitro groups is 1. The van der Waals surface area contributed by atoms with Gasteiger partial charge in [-0.3, -0.25) is 14.9 Å². The van der Waals surface area contributed by atoms with Gasteiger partial charge in [-0.2, -0.15) is 4.99 Å². The highest BCUT2D eigenvalue weighted by atomic mass is 32.2. The summed E-state index contributed by atoms with van der Waals surface area (Å²) in [5, 5.41) is 11.0. The van der Waals surface area contributed by atoms with Crippen molar-refractivity contribution in [3.05, 3.63) is 63.4 Å². The molecule has 0 saturated carbocycles. The number of carbonyl (C=O) groups excluding carboxylic acids is 1. The lowest BCUT2D eigenvalue weighted by Gasteiger charge is -2.00. The molecule has 0 aliphatic carbocycles. The van der Waals surface area contributed by atoms with Crippen LogP contribution in [0.3, 0.4) is 0 Å². The zero-order valence-corrected chi connectivity index (χ0v) is 16.5. The molecule has 0 aliphatic heterocycles. The zero-order chi connectivity index (χ0) is 19.9. The Balaban J connectivity index is 1.74. The molecule has 3 aromatic rings. The first-order chi connectivity index (χ1) is 13.6. The van der Waals surface area contributed by atoms with Crippen LogP contribution in [0.4, 0.5) is 5.69 Å². The van der Waals surface area contributed by atoms with Gasteiger partial charge in [0.25, 0.3) is 5.69 Å². The van der Waals surface area contributed by atoms with Crippen molar-refractivity contribution < 1.29 is 9.72 Å². The second-order valence-corrected chi connectivity index (χ2v) is 8.03. The summed E-state index contributed by atoms with van der Waals surface area (Å²) < 4.78 is 2.41. The van der Waals surface area contributed by atoms with E-state index in [0.717, 1.165) is 11.3 Å². The Kier molecular flexibility index (Phi) is 6.63. The summed E-state index contributed by atoms with van der Waals surface area (Å²) in [6, 6.07) is 14.6. The first-order valence-electron chi connectivity index (χ1n) is 8.55. The van der Waals surface area contributed by atoms with Crippen molar-refractivity contribution in [1.29, 1.82) is 0 Å². The fraction of sp³-hybridized carbons (Fsp3) is 0.200. The summed E-state index contributed by atoms with van der Waals surface area (Å²) >= 11 is 2.93. The molecule has 0 bridgehead atoms. The Morgan fingerprint density at radius 1 is 1.29 bits per heavy atom.